The van der Waals surface area contributed by atoms with E-state index in [0.717, 1.165) is 0 Å². The topological polar surface area (TPSA) is 79.8 Å². The molecule has 1 unspecified atom stereocenters. The Labute approximate surface area is 196 Å². The Morgan fingerprint density at radius 3 is 2.44 bits per heavy atom. The summed E-state index contributed by atoms with van der Waals surface area (Å²) in [6, 6.07) is 1.68. The molecule has 3 heterocycles. The van der Waals surface area contributed by atoms with Crippen LogP contribution in [0.2, 0.25) is 0 Å². The summed E-state index contributed by atoms with van der Waals surface area (Å²) in [5.41, 5.74) is -0.194. The number of carbonyl (C=O) groups is 1. The van der Waals surface area contributed by atoms with Gasteiger partial charge < -0.3 is 10.6 Å². The summed E-state index contributed by atoms with van der Waals surface area (Å²) in [6.07, 6.45) is 10.4. The Morgan fingerprint density at radius 1 is 1.15 bits per heavy atom. The number of amides is 1. The molecular weight excluding hydrogens is 443 g/mol. The first-order valence-electron chi connectivity index (χ1n) is 11.3. The van der Waals surface area contributed by atoms with Gasteiger partial charge in [-0.1, -0.05) is 32.9 Å². The summed E-state index contributed by atoms with van der Waals surface area (Å²) in [7, 11) is 0. The van der Waals surface area contributed by atoms with Crippen molar-refractivity contribution in [3.05, 3.63) is 72.0 Å². The molecule has 34 heavy (non-hydrogen) atoms. The molecule has 1 atom stereocenters. The van der Waals surface area contributed by atoms with Crippen LogP contribution in [0.4, 0.5) is 18.9 Å². The SMILES string of the molecule is CC(C)(C)c1ncc(C(=O)Nc2cnccc2C2(C3CCC(F)(F)CC3)C=CC=C(F)N2)cn1. The lowest BCUT2D eigenvalue weighted by Gasteiger charge is -2.44. The third kappa shape index (κ3) is 4.83. The molecular formula is C25H28F3N5O. The maximum absolute atomic E-state index is 14.5. The highest BCUT2D eigenvalue weighted by Gasteiger charge is 2.47. The maximum Gasteiger partial charge on any atom is 0.258 e. The van der Waals surface area contributed by atoms with E-state index in [1.807, 2.05) is 20.8 Å². The van der Waals surface area contributed by atoms with E-state index in [9.17, 15) is 18.0 Å². The summed E-state index contributed by atoms with van der Waals surface area (Å²) in [4.78, 5) is 25.7. The summed E-state index contributed by atoms with van der Waals surface area (Å²) < 4.78 is 42.3. The molecule has 180 valence electrons. The fourth-order valence-electron chi connectivity index (χ4n) is 4.56. The molecule has 1 amide bonds. The second kappa shape index (κ2) is 8.85. The van der Waals surface area contributed by atoms with Crippen LogP contribution in [-0.2, 0) is 11.0 Å². The fraction of sp³-hybridized carbons (Fsp3) is 0.440. The molecule has 6 nitrogen and oxygen atoms in total. The molecule has 0 aromatic carbocycles. The summed E-state index contributed by atoms with van der Waals surface area (Å²) in [5, 5.41) is 5.71. The largest absolute Gasteiger partial charge is 0.349 e. The molecule has 2 N–H and O–H groups in total. The van der Waals surface area contributed by atoms with Crippen LogP contribution < -0.4 is 10.6 Å². The molecule has 0 bridgehead atoms. The predicted molar refractivity (Wildman–Crippen MR) is 123 cm³/mol. The van der Waals surface area contributed by atoms with Gasteiger partial charge in [0.15, 0.2) is 5.95 Å². The van der Waals surface area contributed by atoms with Crippen LogP contribution in [0, 0.1) is 5.92 Å². The van der Waals surface area contributed by atoms with Crippen molar-refractivity contribution in [2.24, 2.45) is 5.92 Å². The first-order chi connectivity index (χ1) is 16.0. The summed E-state index contributed by atoms with van der Waals surface area (Å²) in [5.74, 6) is -3.44. The number of hydrogen-bond acceptors (Lipinski definition) is 5. The van der Waals surface area contributed by atoms with Gasteiger partial charge in [0.1, 0.15) is 5.82 Å². The van der Waals surface area contributed by atoms with Crippen LogP contribution in [0.1, 0.15) is 68.2 Å². The number of hydrogen-bond donors (Lipinski definition) is 2. The second-order valence-corrected chi connectivity index (χ2v) is 9.92. The quantitative estimate of drug-likeness (QED) is 0.583. The molecule has 9 heteroatoms. The van der Waals surface area contributed by atoms with E-state index in [1.165, 1.54) is 30.9 Å². The fourth-order valence-corrected chi connectivity index (χ4v) is 4.56. The van der Waals surface area contributed by atoms with Crippen molar-refractivity contribution in [2.75, 3.05) is 5.32 Å². The van der Waals surface area contributed by atoms with Crippen LogP contribution in [0.5, 0.6) is 0 Å². The van der Waals surface area contributed by atoms with Crippen LogP contribution in [0.3, 0.4) is 0 Å². The number of alkyl halides is 2. The van der Waals surface area contributed by atoms with Crippen molar-refractivity contribution >= 4 is 11.6 Å². The third-order valence-electron chi connectivity index (χ3n) is 6.39. The Kier molecular flexibility index (Phi) is 6.22. The molecule has 1 saturated carbocycles. The molecule has 2 aromatic rings. The first-order valence-corrected chi connectivity index (χ1v) is 11.3. The molecule has 0 radical (unpaired) electrons. The van der Waals surface area contributed by atoms with Gasteiger partial charge in [-0.25, -0.2) is 18.7 Å². The molecule has 2 aliphatic rings. The van der Waals surface area contributed by atoms with Crippen molar-refractivity contribution in [1.82, 2.24) is 20.3 Å². The summed E-state index contributed by atoms with van der Waals surface area (Å²) >= 11 is 0. The predicted octanol–water partition coefficient (Wildman–Crippen LogP) is 5.41. The van der Waals surface area contributed by atoms with E-state index < -0.39 is 23.3 Å². The molecule has 0 spiro atoms. The van der Waals surface area contributed by atoms with Gasteiger partial charge in [-0.05, 0) is 30.9 Å². The molecule has 1 fully saturated rings. The Balaban J connectivity index is 1.66. The van der Waals surface area contributed by atoms with Crippen LogP contribution in [0.25, 0.3) is 0 Å². The van der Waals surface area contributed by atoms with E-state index in [1.54, 1.807) is 18.2 Å². The minimum Gasteiger partial charge on any atom is -0.349 e. The van der Waals surface area contributed by atoms with Gasteiger partial charge in [0.2, 0.25) is 5.92 Å². The highest BCUT2D eigenvalue weighted by atomic mass is 19.3. The van der Waals surface area contributed by atoms with Gasteiger partial charge >= 0.3 is 0 Å². The zero-order valence-electron chi connectivity index (χ0n) is 19.4. The van der Waals surface area contributed by atoms with E-state index >= 15 is 0 Å². The zero-order valence-corrected chi connectivity index (χ0v) is 19.4. The normalized spacial score (nSPS) is 22.6. The van der Waals surface area contributed by atoms with Gasteiger partial charge in [0.05, 0.1) is 23.0 Å². The monoisotopic (exact) mass is 471 g/mol. The minimum atomic E-state index is -2.72. The van der Waals surface area contributed by atoms with Gasteiger partial charge in [0.25, 0.3) is 5.91 Å². The lowest BCUT2D eigenvalue weighted by atomic mass is 9.69. The lowest BCUT2D eigenvalue weighted by Crippen LogP contribution is -2.49. The molecule has 1 aliphatic carbocycles. The number of nitrogens with zero attached hydrogens (tertiary/aromatic N) is 3. The number of rotatable bonds is 4. The highest BCUT2D eigenvalue weighted by molar-refractivity contribution is 6.04. The van der Waals surface area contributed by atoms with Gasteiger partial charge in [0, 0.05) is 42.4 Å². The van der Waals surface area contributed by atoms with Crippen molar-refractivity contribution in [1.29, 1.82) is 0 Å². The number of dihydropyridines is 1. The second-order valence-electron chi connectivity index (χ2n) is 9.92. The Hall–Kier alpha value is -3.23. The van der Waals surface area contributed by atoms with Gasteiger partial charge in [-0.3, -0.25) is 9.78 Å². The standard InChI is InChI=1S/C25H28F3N5O/c1-23(2,3)22-30-13-16(14-31-22)21(34)32-19-15-29-12-8-18(19)25(9-4-5-20(26)33-25)17-6-10-24(27,28)11-7-17/h4-5,8-9,12-15,17,33H,6-7,10-11H2,1-3H3,(H,32,34). The average molecular weight is 472 g/mol. The number of anilines is 1. The Morgan fingerprint density at radius 2 is 1.82 bits per heavy atom. The number of allylic oxidation sites excluding steroid dienone is 2. The van der Waals surface area contributed by atoms with Crippen LogP contribution in [0.15, 0.2) is 55.0 Å². The van der Waals surface area contributed by atoms with Gasteiger partial charge in [-0.2, -0.15) is 4.39 Å². The lowest BCUT2D eigenvalue weighted by molar-refractivity contribution is -0.0543. The van der Waals surface area contributed by atoms with Gasteiger partial charge in [-0.15, -0.1) is 0 Å². The molecule has 0 saturated heterocycles. The number of pyridine rings is 1. The number of carbonyl (C=O) groups excluding carboxylic acids is 1. The molecule has 4 rings (SSSR count). The minimum absolute atomic E-state index is 0.204. The number of aromatic nitrogens is 3. The number of halogens is 3. The zero-order chi connectivity index (χ0) is 24.6. The maximum atomic E-state index is 14.5. The van der Waals surface area contributed by atoms with Crippen molar-refractivity contribution in [3.63, 3.8) is 0 Å². The van der Waals surface area contributed by atoms with E-state index in [0.29, 0.717) is 17.1 Å². The van der Waals surface area contributed by atoms with Crippen molar-refractivity contribution in [2.45, 2.75) is 63.3 Å². The van der Waals surface area contributed by atoms with E-state index in [2.05, 4.69) is 25.6 Å². The van der Waals surface area contributed by atoms with Crippen molar-refractivity contribution in [3.8, 4) is 0 Å². The Bertz CT molecular complexity index is 1110. The summed E-state index contributed by atoms with van der Waals surface area (Å²) in [6.45, 7) is 5.93. The molecule has 2 aromatic heterocycles. The van der Waals surface area contributed by atoms with E-state index in [4.69, 9.17) is 0 Å². The molecule has 1 aliphatic heterocycles. The van der Waals surface area contributed by atoms with E-state index in [-0.39, 0.29) is 42.6 Å². The highest BCUT2D eigenvalue weighted by Crippen LogP contribution is 2.47. The first kappa shape index (κ1) is 23.9. The van der Waals surface area contributed by atoms with Crippen molar-refractivity contribution < 1.29 is 18.0 Å². The smallest absolute Gasteiger partial charge is 0.258 e. The third-order valence-corrected chi connectivity index (χ3v) is 6.39. The average Bonchev–Trinajstić information content (AvgIpc) is 2.79. The van der Waals surface area contributed by atoms with Crippen LogP contribution in [-0.4, -0.2) is 26.8 Å². The number of nitrogens with one attached hydrogen (secondary N) is 2. The van der Waals surface area contributed by atoms with Crippen LogP contribution >= 0.6 is 0 Å².